The number of benzene rings is 2. The minimum atomic E-state index is -1.07. The fourth-order valence-corrected chi connectivity index (χ4v) is 3.84. The minimum Gasteiger partial charge on any atom is -0.478 e. The first-order chi connectivity index (χ1) is 14.9. The van der Waals surface area contributed by atoms with Crippen molar-refractivity contribution in [1.82, 2.24) is 9.55 Å². The Bertz CT molecular complexity index is 1200. The molecule has 0 radical (unpaired) electrons. The maximum absolute atomic E-state index is 14.4. The van der Waals surface area contributed by atoms with E-state index in [1.54, 1.807) is 32.2 Å². The Morgan fingerprint density at radius 3 is 2.68 bits per heavy atom. The molecule has 162 valence electrons. The van der Waals surface area contributed by atoms with Crippen LogP contribution < -0.4 is 15.8 Å². The summed E-state index contributed by atoms with van der Waals surface area (Å²) in [5, 5.41) is 12.7. The summed E-state index contributed by atoms with van der Waals surface area (Å²) in [4.78, 5) is 31.3. The first-order valence-corrected chi connectivity index (χ1v) is 9.98. The molecule has 8 nitrogen and oxygen atoms in total. The second-order valence-electron chi connectivity index (χ2n) is 7.48. The fourth-order valence-electron chi connectivity index (χ4n) is 3.84. The minimum absolute atomic E-state index is 0.105. The molecule has 3 aromatic rings. The van der Waals surface area contributed by atoms with Crippen molar-refractivity contribution in [2.24, 2.45) is 7.05 Å². The molecule has 2 aromatic carbocycles. The van der Waals surface area contributed by atoms with E-state index in [0.29, 0.717) is 49.0 Å². The van der Waals surface area contributed by atoms with E-state index < -0.39 is 17.8 Å². The molecule has 0 unspecified atom stereocenters. The summed E-state index contributed by atoms with van der Waals surface area (Å²) >= 11 is 0. The van der Waals surface area contributed by atoms with Gasteiger partial charge < -0.3 is 20.1 Å². The fraction of sp³-hybridized carbons (Fsp3) is 0.318. The molecule has 4 rings (SSSR count). The van der Waals surface area contributed by atoms with Gasteiger partial charge in [0.1, 0.15) is 5.82 Å². The van der Waals surface area contributed by atoms with E-state index in [-0.39, 0.29) is 16.5 Å². The van der Waals surface area contributed by atoms with Crippen LogP contribution in [0.2, 0.25) is 0 Å². The number of carboxylic acid groups (broad SMARTS) is 1. The predicted molar refractivity (Wildman–Crippen MR) is 115 cm³/mol. The zero-order chi connectivity index (χ0) is 22.1. The number of halogens is 1. The van der Waals surface area contributed by atoms with Gasteiger partial charge in [0, 0.05) is 31.4 Å². The lowest BCUT2D eigenvalue weighted by Gasteiger charge is -2.29. The lowest BCUT2D eigenvalue weighted by Crippen LogP contribution is -2.40. The summed E-state index contributed by atoms with van der Waals surface area (Å²) in [6, 6.07) is 8.51. The molecule has 0 aliphatic carbocycles. The maximum atomic E-state index is 14.4. The normalized spacial score (nSPS) is 15.1. The second kappa shape index (κ2) is 8.35. The number of rotatable bonds is 5. The molecule has 0 spiro atoms. The SMILES string of the molecule is C[C@@H](Nc1ccccc1C(=O)O)c1cc(F)cc2c(=O)n(C)c(N3CCOCC3)nc12. The van der Waals surface area contributed by atoms with Crippen LogP contribution in [0.15, 0.2) is 41.2 Å². The lowest BCUT2D eigenvalue weighted by atomic mass is 10.0. The van der Waals surface area contributed by atoms with E-state index >= 15 is 0 Å². The first kappa shape index (κ1) is 20.8. The number of morpholine rings is 1. The van der Waals surface area contributed by atoms with Crippen molar-refractivity contribution in [3.8, 4) is 0 Å². The highest BCUT2D eigenvalue weighted by atomic mass is 19.1. The maximum Gasteiger partial charge on any atom is 0.337 e. The van der Waals surface area contributed by atoms with Gasteiger partial charge in [0.25, 0.3) is 5.56 Å². The van der Waals surface area contributed by atoms with Crippen LogP contribution in [-0.4, -0.2) is 46.9 Å². The van der Waals surface area contributed by atoms with Crippen LogP contribution in [0.3, 0.4) is 0 Å². The number of para-hydroxylation sites is 1. The number of hydrogen-bond donors (Lipinski definition) is 2. The van der Waals surface area contributed by atoms with Gasteiger partial charge in [-0.05, 0) is 31.2 Å². The quantitative estimate of drug-likeness (QED) is 0.648. The Hall–Kier alpha value is -3.46. The monoisotopic (exact) mass is 426 g/mol. The summed E-state index contributed by atoms with van der Waals surface area (Å²) < 4.78 is 21.3. The van der Waals surface area contributed by atoms with Gasteiger partial charge in [0.15, 0.2) is 0 Å². The number of carbonyl (C=O) groups is 1. The van der Waals surface area contributed by atoms with Crippen LogP contribution in [0.5, 0.6) is 0 Å². The van der Waals surface area contributed by atoms with Crippen LogP contribution in [0.1, 0.15) is 28.9 Å². The van der Waals surface area contributed by atoms with Crippen molar-refractivity contribution >= 4 is 28.5 Å². The van der Waals surface area contributed by atoms with Gasteiger partial charge in [-0.2, -0.15) is 0 Å². The van der Waals surface area contributed by atoms with E-state index in [2.05, 4.69) is 5.32 Å². The first-order valence-electron chi connectivity index (χ1n) is 9.98. The third-order valence-corrected chi connectivity index (χ3v) is 5.44. The molecular formula is C22H23FN4O4. The van der Waals surface area contributed by atoms with Crippen molar-refractivity contribution in [2.75, 3.05) is 36.5 Å². The van der Waals surface area contributed by atoms with Gasteiger partial charge >= 0.3 is 5.97 Å². The third-order valence-electron chi connectivity index (χ3n) is 5.44. The van der Waals surface area contributed by atoms with Gasteiger partial charge in [-0.1, -0.05) is 12.1 Å². The van der Waals surface area contributed by atoms with Gasteiger partial charge in [0.05, 0.1) is 35.7 Å². The Kier molecular flexibility index (Phi) is 5.60. The van der Waals surface area contributed by atoms with Crippen molar-refractivity contribution < 1.29 is 19.0 Å². The molecule has 2 heterocycles. The number of ether oxygens (including phenoxy) is 1. The number of aromatic nitrogens is 2. The number of aromatic carboxylic acids is 1. The van der Waals surface area contributed by atoms with E-state index in [1.807, 2.05) is 4.90 Å². The molecule has 0 bridgehead atoms. The summed E-state index contributed by atoms with van der Waals surface area (Å²) in [6.45, 7) is 4.05. The highest BCUT2D eigenvalue weighted by Gasteiger charge is 2.22. The summed E-state index contributed by atoms with van der Waals surface area (Å²) in [6.07, 6.45) is 0. The van der Waals surface area contributed by atoms with Crippen molar-refractivity contribution in [3.05, 3.63) is 63.7 Å². The summed E-state index contributed by atoms with van der Waals surface area (Å²) in [5.41, 5.74) is 1.02. The van der Waals surface area contributed by atoms with Crippen molar-refractivity contribution in [3.63, 3.8) is 0 Å². The van der Waals surface area contributed by atoms with Gasteiger partial charge in [-0.3, -0.25) is 9.36 Å². The molecule has 2 N–H and O–H groups in total. The van der Waals surface area contributed by atoms with Gasteiger partial charge in [-0.25, -0.2) is 14.2 Å². The van der Waals surface area contributed by atoms with Gasteiger partial charge in [-0.15, -0.1) is 0 Å². The zero-order valence-corrected chi connectivity index (χ0v) is 17.3. The number of nitrogens with zero attached hydrogens (tertiary/aromatic N) is 3. The lowest BCUT2D eigenvalue weighted by molar-refractivity contribution is 0.0698. The third kappa shape index (κ3) is 3.96. The number of anilines is 2. The number of hydrogen-bond acceptors (Lipinski definition) is 6. The molecular weight excluding hydrogens is 403 g/mol. The Labute approximate surface area is 177 Å². The largest absolute Gasteiger partial charge is 0.478 e. The molecule has 1 saturated heterocycles. The molecule has 1 aliphatic rings. The molecule has 31 heavy (non-hydrogen) atoms. The Balaban J connectivity index is 1.83. The summed E-state index contributed by atoms with van der Waals surface area (Å²) in [7, 11) is 1.62. The molecule has 9 heteroatoms. The van der Waals surface area contributed by atoms with Crippen molar-refractivity contribution in [1.29, 1.82) is 0 Å². The van der Waals surface area contributed by atoms with Crippen LogP contribution >= 0.6 is 0 Å². The Morgan fingerprint density at radius 2 is 1.97 bits per heavy atom. The molecule has 1 fully saturated rings. The van der Waals surface area contributed by atoms with E-state index in [4.69, 9.17) is 9.72 Å². The van der Waals surface area contributed by atoms with Crippen molar-refractivity contribution in [2.45, 2.75) is 13.0 Å². The van der Waals surface area contributed by atoms with Crippen LogP contribution in [0.25, 0.3) is 10.9 Å². The smallest absolute Gasteiger partial charge is 0.337 e. The number of fused-ring (bicyclic) bond motifs is 1. The number of nitrogens with one attached hydrogen (secondary N) is 1. The average Bonchev–Trinajstić information content (AvgIpc) is 2.77. The molecule has 1 aromatic heterocycles. The highest BCUT2D eigenvalue weighted by molar-refractivity contribution is 5.94. The topological polar surface area (TPSA) is 96.7 Å². The van der Waals surface area contributed by atoms with Crippen LogP contribution in [-0.2, 0) is 11.8 Å². The van der Waals surface area contributed by atoms with Gasteiger partial charge in [0.2, 0.25) is 5.95 Å². The van der Waals surface area contributed by atoms with E-state index in [1.165, 1.54) is 22.8 Å². The second-order valence-corrected chi connectivity index (χ2v) is 7.48. The van der Waals surface area contributed by atoms with E-state index in [9.17, 15) is 19.1 Å². The zero-order valence-electron chi connectivity index (χ0n) is 17.3. The molecule has 0 amide bonds. The molecule has 1 aliphatic heterocycles. The summed E-state index contributed by atoms with van der Waals surface area (Å²) in [5.74, 6) is -1.13. The predicted octanol–water partition coefficient (Wildman–Crippen LogP) is 2.78. The van der Waals surface area contributed by atoms with Crippen LogP contribution in [0.4, 0.5) is 16.0 Å². The molecule has 0 saturated carbocycles. The highest BCUT2D eigenvalue weighted by Crippen LogP contribution is 2.28. The Morgan fingerprint density at radius 1 is 1.26 bits per heavy atom. The average molecular weight is 426 g/mol. The van der Waals surface area contributed by atoms with Crippen LogP contribution in [0, 0.1) is 5.82 Å². The number of carboxylic acids is 1. The van der Waals surface area contributed by atoms with E-state index in [0.717, 1.165) is 0 Å². The molecule has 1 atom stereocenters. The standard InChI is InChI=1S/C22H23FN4O4/c1-13(24-18-6-4-3-5-15(18)21(29)30)16-11-14(23)12-17-19(16)25-22(26(2)20(17)28)27-7-9-31-10-8-27/h3-6,11-13,24H,7-10H2,1-2H3,(H,29,30)/t13-/m1/s1.